The van der Waals surface area contributed by atoms with E-state index in [9.17, 15) is 14.7 Å². The van der Waals surface area contributed by atoms with Crippen molar-refractivity contribution in [2.45, 2.75) is 32.2 Å². The third kappa shape index (κ3) is 4.97. The highest BCUT2D eigenvalue weighted by molar-refractivity contribution is 6.31. The van der Waals surface area contributed by atoms with Crippen LogP contribution in [-0.4, -0.2) is 23.0 Å². The minimum Gasteiger partial charge on any atom is -0.507 e. The van der Waals surface area contributed by atoms with Crippen LogP contribution in [0.5, 0.6) is 5.75 Å². The molecule has 2 rings (SSSR count). The number of benzene rings is 2. The predicted molar refractivity (Wildman–Crippen MR) is 98.5 cm³/mol. The van der Waals surface area contributed by atoms with Gasteiger partial charge in [-0.3, -0.25) is 9.59 Å². The van der Waals surface area contributed by atoms with Crippen molar-refractivity contribution in [3.05, 3.63) is 53.1 Å². The highest BCUT2D eigenvalue weighted by Gasteiger charge is 2.18. The fourth-order valence-corrected chi connectivity index (χ4v) is 2.67. The van der Waals surface area contributed by atoms with Gasteiger partial charge in [0.25, 0.3) is 5.91 Å². The minimum atomic E-state index is -0.698. The molecule has 1 atom stereocenters. The molecule has 0 fully saturated rings. The largest absolute Gasteiger partial charge is 0.507 e. The first kappa shape index (κ1) is 18.8. The van der Waals surface area contributed by atoms with Crippen LogP contribution in [0.2, 0.25) is 5.02 Å². The van der Waals surface area contributed by atoms with Gasteiger partial charge in [0, 0.05) is 16.1 Å². The Hall–Kier alpha value is -2.53. The standard InChI is InChI=1S/C19H21ClN2O3/c1-2-3-7-16(18(21)24)22-19(25)13-6-4-5-12(10-13)15-11-14(20)8-9-17(15)23/h4-6,8-11,16,23H,2-3,7H2,1H3,(H2,21,24)(H,22,25)/t16-/m0/s1. The van der Waals surface area contributed by atoms with Gasteiger partial charge in [-0.15, -0.1) is 0 Å². The second-order valence-corrected chi connectivity index (χ2v) is 6.25. The molecule has 0 aromatic heterocycles. The monoisotopic (exact) mass is 360 g/mol. The molecule has 0 unspecified atom stereocenters. The Balaban J connectivity index is 2.24. The second-order valence-electron chi connectivity index (χ2n) is 5.81. The number of amides is 2. The molecule has 2 aromatic carbocycles. The molecule has 0 aliphatic carbocycles. The quantitative estimate of drug-likeness (QED) is 0.705. The summed E-state index contributed by atoms with van der Waals surface area (Å²) in [4.78, 5) is 24.0. The van der Waals surface area contributed by atoms with Crippen molar-refractivity contribution in [3.8, 4) is 16.9 Å². The minimum absolute atomic E-state index is 0.0694. The Labute approximate surface area is 151 Å². The van der Waals surface area contributed by atoms with Gasteiger partial charge in [0.05, 0.1) is 0 Å². The number of phenolic OH excluding ortho intramolecular Hbond substituents is 1. The number of rotatable bonds is 7. The highest BCUT2D eigenvalue weighted by Crippen LogP contribution is 2.32. The summed E-state index contributed by atoms with van der Waals surface area (Å²) >= 11 is 5.98. The summed E-state index contributed by atoms with van der Waals surface area (Å²) in [6.07, 6.45) is 2.21. The maximum Gasteiger partial charge on any atom is 0.251 e. The molecule has 132 valence electrons. The van der Waals surface area contributed by atoms with Gasteiger partial charge in [0.15, 0.2) is 0 Å². The van der Waals surface area contributed by atoms with Crippen molar-refractivity contribution >= 4 is 23.4 Å². The third-order valence-corrected chi connectivity index (χ3v) is 4.12. The van der Waals surface area contributed by atoms with Crippen LogP contribution >= 0.6 is 11.6 Å². The van der Waals surface area contributed by atoms with Crippen LogP contribution in [0.4, 0.5) is 0 Å². The topological polar surface area (TPSA) is 92.4 Å². The lowest BCUT2D eigenvalue weighted by atomic mass is 10.0. The number of aromatic hydroxyl groups is 1. The van der Waals surface area contributed by atoms with Crippen molar-refractivity contribution in [1.29, 1.82) is 0 Å². The smallest absolute Gasteiger partial charge is 0.251 e. The van der Waals surface area contributed by atoms with E-state index in [-0.39, 0.29) is 11.7 Å². The molecule has 4 N–H and O–H groups in total. The SMILES string of the molecule is CCCC[C@H](NC(=O)c1cccc(-c2cc(Cl)ccc2O)c1)C(N)=O. The lowest BCUT2D eigenvalue weighted by Gasteiger charge is -2.15. The zero-order valence-corrected chi connectivity index (χ0v) is 14.7. The molecular weight excluding hydrogens is 340 g/mol. The van der Waals surface area contributed by atoms with Gasteiger partial charge in [-0.2, -0.15) is 0 Å². The normalized spacial score (nSPS) is 11.8. The molecule has 5 nitrogen and oxygen atoms in total. The molecule has 0 heterocycles. The van der Waals surface area contributed by atoms with Crippen molar-refractivity contribution in [1.82, 2.24) is 5.32 Å². The van der Waals surface area contributed by atoms with E-state index in [1.54, 1.807) is 36.4 Å². The Morgan fingerprint density at radius 2 is 2.00 bits per heavy atom. The van der Waals surface area contributed by atoms with E-state index in [1.807, 2.05) is 6.92 Å². The Kier molecular flexibility index (Phi) is 6.42. The average molecular weight is 361 g/mol. The number of nitrogens with one attached hydrogen (secondary N) is 1. The van der Waals surface area contributed by atoms with E-state index in [2.05, 4.69) is 5.32 Å². The lowest BCUT2D eigenvalue weighted by molar-refractivity contribution is -0.120. The van der Waals surface area contributed by atoms with Crippen molar-refractivity contribution in [2.75, 3.05) is 0 Å². The maximum absolute atomic E-state index is 12.5. The third-order valence-electron chi connectivity index (χ3n) is 3.89. The Morgan fingerprint density at radius 3 is 2.68 bits per heavy atom. The second kappa shape index (κ2) is 8.53. The molecule has 0 saturated heterocycles. The maximum atomic E-state index is 12.5. The summed E-state index contributed by atoms with van der Waals surface area (Å²) < 4.78 is 0. The fourth-order valence-electron chi connectivity index (χ4n) is 2.50. The van der Waals surface area contributed by atoms with Gasteiger partial charge in [-0.25, -0.2) is 0 Å². The van der Waals surface area contributed by atoms with Crippen LogP contribution in [0.3, 0.4) is 0 Å². The first-order valence-electron chi connectivity index (χ1n) is 8.11. The highest BCUT2D eigenvalue weighted by atomic mass is 35.5. The van der Waals surface area contributed by atoms with Gasteiger partial charge in [0.1, 0.15) is 11.8 Å². The number of nitrogens with two attached hydrogens (primary N) is 1. The summed E-state index contributed by atoms with van der Waals surface area (Å²) in [6, 6.07) is 10.8. The van der Waals surface area contributed by atoms with Crippen molar-refractivity contribution in [3.63, 3.8) is 0 Å². The van der Waals surface area contributed by atoms with Crippen LogP contribution in [-0.2, 0) is 4.79 Å². The predicted octanol–water partition coefficient (Wildman–Crippen LogP) is 3.49. The van der Waals surface area contributed by atoms with E-state index in [4.69, 9.17) is 17.3 Å². The van der Waals surface area contributed by atoms with Gasteiger partial charge in [-0.05, 0) is 42.3 Å². The molecule has 0 bridgehead atoms. The number of halogens is 1. The van der Waals surface area contributed by atoms with E-state index < -0.39 is 11.9 Å². The average Bonchev–Trinajstić information content (AvgIpc) is 2.60. The van der Waals surface area contributed by atoms with Gasteiger partial charge >= 0.3 is 0 Å². The molecule has 0 spiro atoms. The molecule has 0 aliphatic heterocycles. The van der Waals surface area contributed by atoms with Crippen LogP contribution in [0.25, 0.3) is 11.1 Å². The number of hydrogen-bond acceptors (Lipinski definition) is 3. The van der Waals surface area contributed by atoms with Crippen LogP contribution in [0, 0.1) is 0 Å². The van der Waals surface area contributed by atoms with E-state index in [0.29, 0.717) is 28.1 Å². The summed E-state index contributed by atoms with van der Waals surface area (Å²) in [7, 11) is 0. The number of hydrogen-bond donors (Lipinski definition) is 3. The first-order chi connectivity index (χ1) is 11.9. The first-order valence-corrected chi connectivity index (χ1v) is 8.49. The molecular formula is C19H21ClN2O3. The molecule has 6 heteroatoms. The van der Waals surface area contributed by atoms with Crippen molar-refractivity contribution < 1.29 is 14.7 Å². The Morgan fingerprint density at radius 1 is 1.24 bits per heavy atom. The summed E-state index contributed by atoms with van der Waals surface area (Å²) in [5.74, 6) is -0.867. The van der Waals surface area contributed by atoms with Crippen molar-refractivity contribution in [2.24, 2.45) is 5.73 Å². The zero-order chi connectivity index (χ0) is 18.4. The molecule has 0 radical (unpaired) electrons. The fraction of sp³-hybridized carbons (Fsp3) is 0.263. The molecule has 0 aliphatic rings. The zero-order valence-electron chi connectivity index (χ0n) is 14.0. The number of phenols is 1. The van der Waals surface area contributed by atoms with Crippen LogP contribution in [0.15, 0.2) is 42.5 Å². The summed E-state index contributed by atoms with van der Waals surface area (Å²) in [6.45, 7) is 2.00. The van der Waals surface area contributed by atoms with Gasteiger partial charge < -0.3 is 16.2 Å². The molecule has 2 aromatic rings. The lowest BCUT2D eigenvalue weighted by Crippen LogP contribution is -2.44. The number of primary amides is 1. The number of carbonyl (C=O) groups is 2. The molecule has 25 heavy (non-hydrogen) atoms. The van der Waals surface area contributed by atoms with Gasteiger partial charge in [0.2, 0.25) is 5.91 Å². The Bertz CT molecular complexity index is 777. The molecule has 2 amide bonds. The summed E-state index contributed by atoms with van der Waals surface area (Å²) in [5.41, 5.74) is 6.91. The molecule has 0 saturated carbocycles. The number of unbranched alkanes of at least 4 members (excludes halogenated alkanes) is 1. The van der Waals surface area contributed by atoms with Crippen LogP contribution < -0.4 is 11.1 Å². The van der Waals surface area contributed by atoms with E-state index >= 15 is 0 Å². The summed E-state index contributed by atoms with van der Waals surface area (Å²) in [5, 5.41) is 13.2. The van der Waals surface area contributed by atoms with E-state index in [0.717, 1.165) is 12.8 Å². The van der Waals surface area contributed by atoms with Crippen LogP contribution in [0.1, 0.15) is 36.5 Å². The van der Waals surface area contributed by atoms with Gasteiger partial charge in [-0.1, -0.05) is 43.5 Å². The van der Waals surface area contributed by atoms with E-state index in [1.165, 1.54) is 6.07 Å². The number of carbonyl (C=O) groups excluding carboxylic acids is 2.